The van der Waals surface area contributed by atoms with Gasteiger partial charge in [0.15, 0.2) is 0 Å². The third kappa shape index (κ3) is 2.98. The number of nitrogens with zero attached hydrogens (tertiary/aromatic N) is 2. The molecule has 1 N–H and O–H groups in total. The van der Waals surface area contributed by atoms with E-state index in [0.717, 1.165) is 24.9 Å². The molecule has 2 heterocycles. The molecule has 1 aliphatic rings. The van der Waals surface area contributed by atoms with E-state index in [1.165, 1.54) is 0 Å². The Morgan fingerprint density at radius 2 is 2.50 bits per heavy atom. The molecule has 0 saturated carbocycles. The van der Waals surface area contributed by atoms with Gasteiger partial charge in [0.1, 0.15) is 0 Å². The standard InChI is InChI=1S/C13H18N2O3/c1-18-12-10(4-2-6-14-12)8-15-7-3-5-11(9-15)13(16)17/h2,4,6,11H,3,5,7-9H2,1H3,(H,16,17). The number of carboxylic acids is 1. The van der Waals surface area contributed by atoms with Crippen molar-refractivity contribution in [1.29, 1.82) is 0 Å². The van der Waals surface area contributed by atoms with Crippen LogP contribution in [0.15, 0.2) is 18.3 Å². The number of piperidine rings is 1. The zero-order chi connectivity index (χ0) is 13.0. The van der Waals surface area contributed by atoms with Crippen molar-refractivity contribution in [3.63, 3.8) is 0 Å². The van der Waals surface area contributed by atoms with Gasteiger partial charge in [0.2, 0.25) is 5.88 Å². The molecule has 0 bridgehead atoms. The van der Waals surface area contributed by atoms with Crippen LogP contribution in [0.1, 0.15) is 18.4 Å². The van der Waals surface area contributed by atoms with Crippen molar-refractivity contribution in [3.8, 4) is 5.88 Å². The Morgan fingerprint density at radius 3 is 3.22 bits per heavy atom. The number of aromatic nitrogens is 1. The van der Waals surface area contributed by atoms with Crippen molar-refractivity contribution in [3.05, 3.63) is 23.9 Å². The largest absolute Gasteiger partial charge is 0.481 e. The highest BCUT2D eigenvalue weighted by Gasteiger charge is 2.25. The molecule has 0 spiro atoms. The van der Waals surface area contributed by atoms with Crippen molar-refractivity contribution in [2.24, 2.45) is 5.92 Å². The zero-order valence-corrected chi connectivity index (χ0v) is 10.5. The Kier molecular flexibility index (Phi) is 4.15. The van der Waals surface area contributed by atoms with E-state index in [9.17, 15) is 4.79 Å². The molecule has 18 heavy (non-hydrogen) atoms. The van der Waals surface area contributed by atoms with Gasteiger partial charge in [-0.05, 0) is 25.5 Å². The van der Waals surface area contributed by atoms with Crippen LogP contribution in [0.25, 0.3) is 0 Å². The van der Waals surface area contributed by atoms with Gasteiger partial charge in [-0.1, -0.05) is 6.07 Å². The summed E-state index contributed by atoms with van der Waals surface area (Å²) >= 11 is 0. The minimum atomic E-state index is -0.696. The number of carboxylic acid groups (broad SMARTS) is 1. The fourth-order valence-electron chi connectivity index (χ4n) is 2.37. The quantitative estimate of drug-likeness (QED) is 0.874. The van der Waals surface area contributed by atoms with E-state index < -0.39 is 5.97 Å². The molecule has 0 amide bonds. The summed E-state index contributed by atoms with van der Waals surface area (Å²) in [7, 11) is 1.60. The first-order valence-corrected chi connectivity index (χ1v) is 6.13. The highest BCUT2D eigenvalue weighted by Crippen LogP contribution is 2.21. The van der Waals surface area contributed by atoms with Crippen molar-refractivity contribution in [2.45, 2.75) is 19.4 Å². The first kappa shape index (κ1) is 12.8. The monoisotopic (exact) mass is 250 g/mol. The number of carbonyl (C=O) groups is 1. The van der Waals surface area contributed by atoms with Gasteiger partial charge >= 0.3 is 5.97 Å². The Hall–Kier alpha value is -1.62. The van der Waals surface area contributed by atoms with Gasteiger partial charge in [0, 0.05) is 24.8 Å². The molecule has 1 unspecified atom stereocenters. The van der Waals surface area contributed by atoms with E-state index in [1.807, 2.05) is 12.1 Å². The van der Waals surface area contributed by atoms with Crippen LogP contribution in [-0.4, -0.2) is 41.2 Å². The summed E-state index contributed by atoms with van der Waals surface area (Å²) in [5.41, 5.74) is 1.01. The van der Waals surface area contributed by atoms with E-state index in [4.69, 9.17) is 9.84 Å². The van der Waals surface area contributed by atoms with E-state index in [1.54, 1.807) is 13.3 Å². The summed E-state index contributed by atoms with van der Waals surface area (Å²) in [6.07, 6.45) is 3.40. The number of methoxy groups -OCH3 is 1. The molecule has 2 rings (SSSR count). The number of hydrogen-bond donors (Lipinski definition) is 1. The molecule has 5 nitrogen and oxygen atoms in total. The van der Waals surface area contributed by atoms with Crippen LogP contribution in [0.4, 0.5) is 0 Å². The third-order valence-corrected chi connectivity index (χ3v) is 3.29. The molecule has 1 fully saturated rings. The predicted octanol–water partition coefficient (Wildman–Crippen LogP) is 1.39. The van der Waals surface area contributed by atoms with Gasteiger partial charge in [0.25, 0.3) is 0 Å². The minimum absolute atomic E-state index is 0.249. The maximum atomic E-state index is 11.0. The molecule has 0 aliphatic carbocycles. The van der Waals surface area contributed by atoms with E-state index in [2.05, 4.69) is 9.88 Å². The second-order valence-electron chi connectivity index (χ2n) is 4.58. The fraction of sp³-hybridized carbons (Fsp3) is 0.538. The second-order valence-corrected chi connectivity index (χ2v) is 4.58. The molecule has 0 aromatic carbocycles. The van der Waals surface area contributed by atoms with E-state index in [0.29, 0.717) is 19.0 Å². The molecule has 1 aliphatic heterocycles. The van der Waals surface area contributed by atoms with Crippen molar-refractivity contribution in [2.75, 3.05) is 20.2 Å². The lowest BCUT2D eigenvalue weighted by molar-refractivity contribution is -0.143. The average Bonchev–Trinajstić information content (AvgIpc) is 2.39. The van der Waals surface area contributed by atoms with Gasteiger partial charge < -0.3 is 9.84 Å². The topological polar surface area (TPSA) is 62.7 Å². The summed E-state index contributed by atoms with van der Waals surface area (Å²) in [5, 5.41) is 9.06. The van der Waals surface area contributed by atoms with Crippen LogP contribution in [0, 0.1) is 5.92 Å². The number of aliphatic carboxylic acids is 1. The Balaban J connectivity index is 2.02. The number of rotatable bonds is 4. The predicted molar refractivity (Wildman–Crippen MR) is 66.4 cm³/mol. The molecule has 5 heteroatoms. The molecular formula is C13H18N2O3. The van der Waals surface area contributed by atoms with E-state index >= 15 is 0 Å². The summed E-state index contributed by atoms with van der Waals surface area (Å²) in [6.45, 7) is 2.23. The van der Waals surface area contributed by atoms with Crippen LogP contribution < -0.4 is 4.74 Å². The number of ether oxygens (including phenoxy) is 1. The molecular weight excluding hydrogens is 232 g/mol. The second kappa shape index (κ2) is 5.82. The lowest BCUT2D eigenvalue weighted by Gasteiger charge is -2.30. The van der Waals surface area contributed by atoms with Crippen LogP contribution in [0.5, 0.6) is 5.88 Å². The number of hydrogen-bond acceptors (Lipinski definition) is 4. The Bertz CT molecular complexity index is 422. The molecule has 98 valence electrons. The maximum absolute atomic E-state index is 11.0. The van der Waals surface area contributed by atoms with Gasteiger partial charge in [-0.25, -0.2) is 4.98 Å². The molecule has 1 atom stereocenters. The summed E-state index contributed by atoms with van der Waals surface area (Å²) < 4.78 is 5.21. The maximum Gasteiger partial charge on any atom is 0.307 e. The minimum Gasteiger partial charge on any atom is -0.481 e. The Labute approximate surface area is 106 Å². The first-order valence-electron chi connectivity index (χ1n) is 6.13. The smallest absolute Gasteiger partial charge is 0.307 e. The van der Waals surface area contributed by atoms with Crippen LogP contribution >= 0.6 is 0 Å². The highest BCUT2D eigenvalue weighted by molar-refractivity contribution is 5.70. The van der Waals surface area contributed by atoms with Crippen LogP contribution in [-0.2, 0) is 11.3 Å². The van der Waals surface area contributed by atoms with E-state index in [-0.39, 0.29) is 5.92 Å². The van der Waals surface area contributed by atoms with Crippen LogP contribution in [0.3, 0.4) is 0 Å². The lowest BCUT2D eigenvalue weighted by Crippen LogP contribution is -2.38. The van der Waals surface area contributed by atoms with Gasteiger partial charge in [-0.15, -0.1) is 0 Å². The SMILES string of the molecule is COc1ncccc1CN1CCCC(C(=O)O)C1. The van der Waals surface area contributed by atoms with Gasteiger partial charge in [-0.3, -0.25) is 9.69 Å². The third-order valence-electron chi connectivity index (χ3n) is 3.29. The summed E-state index contributed by atoms with van der Waals surface area (Å²) in [4.78, 5) is 17.3. The molecule has 1 aromatic rings. The van der Waals surface area contributed by atoms with Crippen molar-refractivity contribution in [1.82, 2.24) is 9.88 Å². The zero-order valence-electron chi connectivity index (χ0n) is 10.5. The normalized spacial score (nSPS) is 20.6. The summed E-state index contributed by atoms with van der Waals surface area (Å²) in [5.74, 6) is -0.325. The van der Waals surface area contributed by atoms with Crippen molar-refractivity contribution >= 4 is 5.97 Å². The molecule has 0 radical (unpaired) electrons. The number of likely N-dealkylation sites (tertiary alicyclic amines) is 1. The van der Waals surface area contributed by atoms with Gasteiger partial charge in [0.05, 0.1) is 13.0 Å². The Morgan fingerprint density at radius 1 is 1.67 bits per heavy atom. The fourth-order valence-corrected chi connectivity index (χ4v) is 2.37. The van der Waals surface area contributed by atoms with Crippen LogP contribution in [0.2, 0.25) is 0 Å². The highest BCUT2D eigenvalue weighted by atomic mass is 16.5. The first-order chi connectivity index (χ1) is 8.70. The molecule has 1 aromatic heterocycles. The van der Waals surface area contributed by atoms with Crippen molar-refractivity contribution < 1.29 is 14.6 Å². The summed E-state index contributed by atoms with van der Waals surface area (Å²) in [6, 6.07) is 3.84. The number of pyridine rings is 1. The molecule has 1 saturated heterocycles. The average molecular weight is 250 g/mol. The lowest BCUT2D eigenvalue weighted by atomic mass is 9.98. The van der Waals surface area contributed by atoms with Gasteiger partial charge in [-0.2, -0.15) is 0 Å².